The van der Waals surface area contributed by atoms with Gasteiger partial charge >= 0.3 is 0 Å². The summed E-state index contributed by atoms with van der Waals surface area (Å²) in [4.78, 5) is 17.5. The molecule has 0 radical (unpaired) electrons. The molecule has 1 N–H and O–H groups in total. The Morgan fingerprint density at radius 2 is 1.85 bits per heavy atom. The van der Waals surface area contributed by atoms with Gasteiger partial charge in [-0.05, 0) is 42.9 Å². The Morgan fingerprint density at radius 3 is 2.54 bits per heavy atom. The molecule has 0 atom stereocenters. The third-order valence-corrected chi connectivity index (χ3v) is 4.77. The number of carbonyl (C=O) groups excluding carboxylic acids is 1. The molecule has 26 heavy (non-hydrogen) atoms. The average Bonchev–Trinajstić information content (AvgIpc) is 3.45. The van der Waals surface area contributed by atoms with Gasteiger partial charge in [-0.2, -0.15) is 0 Å². The van der Waals surface area contributed by atoms with Gasteiger partial charge in [0.1, 0.15) is 0 Å². The van der Waals surface area contributed by atoms with Crippen LogP contribution in [0.2, 0.25) is 0 Å². The topological polar surface area (TPSA) is 42.0 Å². The molecule has 0 bridgehead atoms. The summed E-state index contributed by atoms with van der Waals surface area (Å²) in [5.41, 5.74) is 4.79. The van der Waals surface area contributed by atoms with Gasteiger partial charge in [0.25, 0.3) is 5.91 Å². The first-order chi connectivity index (χ1) is 12.6. The molecule has 3 heteroatoms. The fraction of sp³-hybridized carbons (Fsp3) is 0.304. The number of amides is 1. The van der Waals surface area contributed by atoms with Gasteiger partial charge in [-0.15, -0.1) is 0 Å². The van der Waals surface area contributed by atoms with Crippen LogP contribution >= 0.6 is 0 Å². The van der Waals surface area contributed by atoms with Crippen molar-refractivity contribution in [2.75, 3.05) is 0 Å². The molecule has 0 spiro atoms. The van der Waals surface area contributed by atoms with Crippen molar-refractivity contribution >= 4 is 16.8 Å². The average molecular weight is 344 g/mol. The van der Waals surface area contributed by atoms with Gasteiger partial charge in [0, 0.05) is 17.0 Å². The number of fused-ring (bicyclic) bond motifs is 1. The monoisotopic (exact) mass is 344 g/mol. The number of nitrogens with zero attached hydrogens (tertiary/aromatic N) is 1. The third-order valence-electron chi connectivity index (χ3n) is 4.77. The zero-order valence-electron chi connectivity index (χ0n) is 15.3. The van der Waals surface area contributed by atoms with Crippen LogP contribution in [0.5, 0.6) is 0 Å². The lowest BCUT2D eigenvalue weighted by Crippen LogP contribution is -2.25. The van der Waals surface area contributed by atoms with Crippen molar-refractivity contribution in [1.82, 2.24) is 10.3 Å². The van der Waals surface area contributed by atoms with Crippen LogP contribution in [-0.2, 0) is 6.42 Å². The van der Waals surface area contributed by atoms with E-state index >= 15 is 0 Å². The summed E-state index contributed by atoms with van der Waals surface area (Å²) in [6.45, 7) is 4.45. The SMILES string of the molecule is CC(C)Cc1ccc(-c2cc(C(=O)NC3CC3)c3ccccc3n2)cc1. The highest BCUT2D eigenvalue weighted by Gasteiger charge is 2.25. The summed E-state index contributed by atoms with van der Waals surface area (Å²) in [6, 6.07) is 18.7. The van der Waals surface area contributed by atoms with E-state index in [1.807, 2.05) is 30.3 Å². The Kier molecular flexibility index (Phi) is 4.46. The molecular weight excluding hydrogens is 320 g/mol. The summed E-state index contributed by atoms with van der Waals surface area (Å²) >= 11 is 0. The third kappa shape index (κ3) is 3.62. The number of para-hydroxylation sites is 1. The van der Waals surface area contributed by atoms with Gasteiger partial charge in [-0.3, -0.25) is 4.79 Å². The number of hydrogen-bond donors (Lipinski definition) is 1. The summed E-state index contributed by atoms with van der Waals surface area (Å²) in [7, 11) is 0. The number of benzene rings is 2. The first-order valence-corrected chi connectivity index (χ1v) is 9.40. The predicted molar refractivity (Wildman–Crippen MR) is 106 cm³/mol. The minimum Gasteiger partial charge on any atom is -0.349 e. The Hall–Kier alpha value is -2.68. The van der Waals surface area contributed by atoms with E-state index < -0.39 is 0 Å². The Balaban J connectivity index is 1.73. The lowest BCUT2D eigenvalue weighted by Gasteiger charge is -2.11. The second-order valence-corrected chi connectivity index (χ2v) is 7.61. The molecule has 0 aliphatic heterocycles. The standard InChI is InChI=1S/C23H24N2O/c1-15(2)13-16-7-9-17(10-8-16)22-14-20(23(26)24-18-11-12-18)19-5-3-4-6-21(19)25-22/h3-10,14-15,18H,11-13H2,1-2H3,(H,24,26). The molecule has 1 fully saturated rings. The molecule has 132 valence electrons. The number of hydrogen-bond acceptors (Lipinski definition) is 2. The highest BCUT2D eigenvalue weighted by Crippen LogP contribution is 2.27. The largest absolute Gasteiger partial charge is 0.349 e. The van der Waals surface area contributed by atoms with Crippen LogP contribution < -0.4 is 5.32 Å². The minimum absolute atomic E-state index is 0.00350. The molecule has 4 rings (SSSR count). The summed E-state index contributed by atoms with van der Waals surface area (Å²) in [6.07, 6.45) is 3.23. The molecule has 1 aromatic heterocycles. The normalized spacial score (nSPS) is 14.0. The van der Waals surface area contributed by atoms with Gasteiger partial charge in [-0.25, -0.2) is 4.98 Å². The van der Waals surface area contributed by atoms with Crippen LogP contribution in [0.1, 0.15) is 42.6 Å². The van der Waals surface area contributed by atoms with Crippen molar-refractivity contribution in [2.45, 2.75) is 39.2 Å². The van der Waals surface area contributed by atoms with Gasteiger partial charge in [0.15, 0.2) is 0 Å². The highest BCUT2D eigenvalue weighted by molar-refractivity contribution is 6.07. The first kappa shape index (κ1) is 16.8. The molecule has 1 aliphatic carbocycles. The summed E-state index contributed by atoms with van der Waals surface area (Å²) in [5, 5.41) is 4.01. The van der Waals surface area contributed by atoms with E-state index in [4.69, 9.17) is 4.98 Å². The number of rotatable bonds is 5. The fourth-order valence-corrected chi connectivity index (χ4v) is 3.28. The maximum Gasteiger partial charge on any atom is 0.252 e. The fourth-order valence-electron chi connectivity index (χ4n) is 3.28. The van der Waals surface area contributed by atoms with Crippen LogP contribution in [0.4, 0.5) is 0 Å². The van der Waals surface area contributed by atoms with Crippen molar-refractivity contribution in [3.8, 4) is 11.3 Å². The van der Waals surface area contributed by atoms with Crippen LogP contribution in [-0.4, -0.2) is 16.9 Å². The number of pyridine rings is 1. The molecule has 2 aromatic carbocycles. The molecule has 1 amide bonds. The van der Waals surface area contributed by atoms with Crippen LogP contribution in [0, 0.1) is 5.92 Å². The van der Waals surface area contributed by atoms with Crippen molar-refractivity contribution in [1.29, 1.82) is 0 Å². The van der Waals surface area contributed by atoms with Gasteiger partial charge in [0.05, 0.1) is 16.8 Å². The van der Waals surface area contributed by atoms with Gasteiger partial charge in [0.2, 0.25) is 0 Å². The number of carbonyl (C=O) groups is 1. The molecule has 3 aromatic rings. The molecule has 0 unspecified atom stereocenters. The van der Waals surface area contributed by atoms with Crippen LogP contribution in [0.25, 0.3) is 22.2 Å². The van der Waals surface area contributed by atoms with E-state index in [1.54, 1.807) is 0 Å². The summed E-state index contributed by atoms with van der Waals surface area (Å²) in [5.74, 6) is 0.640. The van der Waals surface area contributed by atoms with Crippen molar-refractivity contribution in [3.63, 3.8) is 0 Å². The second-order valence-electron chi connectivity index (χ2n) is 7.61. The Bertz CT molecular complexity index is 940. The van der Waals surface area contributed by atoms with Crippen molar-refractivity contribution in [3.05, 3.63) is 65.7 Å². The Morgan fingerprint density at radius 1 is 1.12 bits per heavy atom. The molecule has 0 saturated heterocycles. The smallest absolute Gasteiger partial charge is 0.252 e. The second kappa shape index (κ2) is 6.91. The predicted octanol–water partition coefficient (Wildman–Crippen LogP) is 4.99. The lowest BCUT2D eigenvalue weighted by atomic mass is 9.99. The van der Waals surface area contributed by atoms with Crippen LogP contribution in [0.3, 0.4) is 0 Å². The van der Waals surface area contributed by atoms with Crippen molar-refractivity contribution in [2.24, 2.45) is 5.92 Å². The Labute approximate surface area is 154 Å². The first-order valence-electron chi connectivity index (χ1n) is 9.40. The van der Waals surface area contributed by atoms with E-state index in [0.717, 1.165) is 41.4 Å². The van der Waals surface area contributed by atoms with E-state index in [-0.39, 0.29) is 5.91 Å². The number of nitrogens with one attached hydrogen (secondary N) is 1. The van der Waals surface area contributed by atoms with E-state index in [1.165, 1.54) is 5.56 Å². The van der Waals surface area contributed by atoms with Gasteiger partial charge in [-0.1, -0.05) is 56.3 Å². The van der Waals surface area contributed by atoms with Crippen molar-refractivity contribution < 1.29 is 4.79 Å². The molecular formula is C23H24N2O. The molecule has 1 aliphatic rings. The lowest BCUT2D eigenvalue weighted by molar-refractivity contribution is 0.0952. The minimum atomic E-state index is 0.00350. The van der Waals surface area contributed by atoms with Gasteiger partial charge < -0.3 is 5.32 Å². The quantitative estimate of drug-likeness (QED) is 0.708. The zero-order valence-corrected chi connectivity index (χ0v) is 15.3. The van der Waals surface area contributed by atoms with E-state index in [9.17, 15) is 4.79 Å². The summed E-state index contributed by atoms with van der Waals surface area (Å²) < 4.78 is 0. The molecule has 1 saturated carbocycles. The maximum absolute atomic E-state index is 12.7. The molecule has 3 nitrogen and oxygen atoms in total. The van der Waals surface area contributed by atoms with E-state index in [2.05, 4.69) is 43.4 Å². The van der Waals surface area contributed by atoms with E-state index in [0.29, 0.717) is 17.5 Å². The molecule has 1 heterocycles. The van der Waals surface area contributed by atoms with Crippen LogP contribution in [0.15, 0.2) is 54.6 Å². The highest BCUT2D eigenvalue weighted by atomic mass is 16.1. The maximum atomic E-state index is 12.7. The zero-order chi connectivity index (χ0) is 18.1. The number of aromatic nitrogens is 1.